The first kappa shape index (κ1) is 26.8. The molecule has 1 atom stereocenters. The van der Waals surface area contributed by atoms with Crippen LogP contribution in [0.5, 0.6) is 5.75 Å². The zero-order chi connectivity index (χ0) is 26.7. The summed E-state index contributed by atoms with van der Waals surface area (Å²) in [6.07, 6.45) is -5.17. The SMILES string of the molecule is COC(=O)[C@H]1c2ccc(OCc3cccc(NC(=O)C(F)(F)F)c3)cc2CCN1C(=O)OC(C)(C)C. The van der Waals surface area contributed by atoms with E-state index >= 15 is 0 Å². The molecule has 2 amide bonds. The molecule has 1 N–H and O–H groups in total. The topological polar surface area (TPSA) is 94.2 Å². The average Bonchev–Trinajstić information content (AvgIpc) is 2.79. The monoisotopic (exact) mass is 508 g/mol. The molecule has 0 fully saturated rings. The van der Waals surface area contributed by atoms with Crippen LogP contribution in [0.25, 0.3) is 0 Å². The third kappa shape index (κ3) is 6.67. The van der Waals surface area contributed by atoms with Crippen molar-refractivity contribution >= 4 is 23.7 Å². The quantitative estimate of drug-likeness (QED) is 0.585. The maximum atomic E-state index is 12.7. The largest absolute Gasteiger partial charge is 0.489 e. The lowest BCUT2D eigenvalue weighted by atomic mass is 9.92. The lowest BCUT2D eigenvalue weighted by molar-refractivity contribution is -0.167. The summed E-state index contributed by atoms with van der Waals surface area (Å²) in [5, 5.41) is 1.80. The Morgan fingerprint density at radius 2 is 1.81 bits per heavy atom. The summed E-state index contributed by atoms with van der Waals surface area (Å²) in [4.78, 5) is 37.8. The molecule has 1 heterocycles. The number of carbonyl (C=O) groups is 3. The van der Waals surface area contributed by atoms with Crippen molar-refractivity contribution in [1.82, 2.24) is 4.90 Å². The second-order valence-electron chi connectivity index (χ2n) is 9.15. The molecule has 0 spiro atoms. The Kier molecular flexibility index (Phi) is 7.80. The Morgan fingerprint density at radius 3 is 2.44 bits per heavy atom. The number of ether oxygens (including phenoxy) is 3. The van der Waals surface area contributed by atoms with E-state index in [0.29, 0.717) is 23.3 Å². The number of halogens is 3. The number of carbonyl (C=O) groups excluding carboxylic acids is 3. The molecule has 0 unspecified atom stereocenters. The van der Waals surface area contributed by atoms with Crippen LogP contribution in [0, 0.1) is 0 Å². The Labute approximate surface area is 206 Å². The Bertz CT molecular complexity index is 1140. The van der Waals surface area contributed by atoms with Crippen molar-refractivity contribution in [2.45, 2.75) is 51.6 Å². The predicted octanol–water partition coefficient (Wildman–Crippen LogP) is 4.77. The molecule has 0 aliphatic carbocycles. The number of fused-ring (bicyclic) bond motifs is 1. The molecule has 11 heteroatoms. The van der Waals surface area contributed by atoms with Gasteiger partial charge in [0.1, 0.15) is 18.0 Å². The highest BCUT2D eigenvalue weighted by atomic mass is 19.4. The van der Waals surface area contributed by atoms with E-state index in [1.165, 1.54) is 30.2 Å². The molecular formula is C25H27F3N2O6. The van der Waals surface area contributed by atoms with Gasteiger partial charge in [0.25, 0.3) is 0 Å². The summed E-state index contributed by atoms with van der Waals surface area (Å²) < 4.78 is 53.6. The molecule has 0 aromatic heterocycles. The molecule has 2 aromatic carbocycles. The molecule has 1 aliphatic rings. The maximum absolute atomic E-state index is 12.7. The van der Waals surface area contributed by atoms with Crippen molar-refractivity contribution in [3.63, 3.8) is 0 Å². The fraction of sp³-hybridized carbons (Fsp3) is 0.400. The molecule has 0 radical (unpaired) electrons. The lowest BCUT2D eigenvalue weighted by Gasteiger charge is -2.36. The first-order valence-electron chi connectivity index (χ1n) is 11.1. The van der Waals surface area contributed by atoms with Gasteiger partial charge in [0.05, 0.1) is 7.11 Å². The van der Waals surface area contributed by atoms with E-state index in [9.17, 15) is 27.6 Å². The van der Waals surface area contributed by atoms with E-state index < -0.39 is 35.8 Å². The molecule has 3 rings (SSSR count). The Morgan fingerprint density at radius 1 is 1.08 bits per heavy atom. The number of alkyl halides is 3. The van der Waals surface area contributed by atoms with Crippen LogP contribution in [0.1, 0.15) is 43.5 Å². The fourth-order valence-electron chi connectivity index (χ4n) is 3.68. The van der Waals surface area contributed by atoms with Crippen molar-refractivity contribution in [3.8, 4) is 5.75 Å². The third-order valence-electron chi connectivity index (χ3n) is 5.24. The van der Waals surface area contributed by atoms with Gasteiger partial charge in [-0.25, -0.2) is 9.59 Å². The normalized spacial score (nSPS) is 15.5. The standard InChI is InChI=1S/C25H27F3N2O6/c1-24(2,3)36-23(33)30-11-10-16-13-18(8-9-19(16)20(30)21(31)34-4)35-14-15-6-5-7-17(12-15)29-22(32)25(26,27)28/h5-9,12-13,20H,10-11,14H2,1-4H3,(H,29,32)/t20-/m1/s1. The molecule has 1 aliphatic heterocycles. The molecule has 2 aromatic rings. The number of anilines is 1. The van der Waals surface area contributed by atoms with Crippen molar-refractivity contribution in [3.05, 3.63) is 59.2 Å². The summed E-state index contributed by atoms with van der Waals surface area (Å²) >= 11 is 0. The number of amides is 2. The predicted molar refractivity (Wildman–Crippen MR) is 123 cm³/mol. The smallest absolute Gasteiger partial charge is 0.471 e. The minimum Gasteiger partial charge on any atom is -0.489 e. The number of nitrogens with one attached hydrogen (secondary N) is 1. The fourth-order valence-corrected chi connectivity index (χ4v) is 3.68. The van der Waals surface area contributed by atoms with Crippen molar-refractivity contribution in [2.24, 2.45) is 0 Å². The Balaban J connectivity index is 1.74. The molecule has 194 valence electrons. The highest BCUT2D eigenvalue weighted by Crippen LogP contribution is 2.34. The van der Waals surface area contributed by atoms with Gasteiger partial charge in [0.15, 0.2) is 6.04 Å². The highest BCUT2D eigenvalue weighted by molar-refractivity contribution is 5.94. The lowest BCUT2D eigenvalue weighted by Crippen LogP contribution is -2.46. The number of esters is 1. The minimum atomic E-state index is -4.99. The number of nitrogens with zero attached hydrogens (tertiary/aromatic N) is 1. The molecule has 36 heavy (non-hydrogen) atoms. The minimum absolute atomic E-state index is 0.00739. The van der Waals surface area contributed by atoms with Gasteiger partial charge in [0, 0.05) is 12.2 Å². The van der Waals surface area contributed by atoms with E-state index in [1.807, 2.05) is 0 Å². The van der Waals surface area contributed by atoms with Crippen LogP contribution in [0.2, 0.25) is 0 Å². The van der Waals surface area contributed by atoms with Crippen LogP contribution >= 0.6 is 0 Å². The number of rotatable bonds is 5. The van der Waals surface area contributed by atoms with Gasteiger partial charge in [-0.2, -0.15) is 13.2 Å². The summed E-state index contributed by atoms with van der Waals surface area (Å²) in [7, 11) is 1.24. The van der Waals surface area contributed by atoms with E-state index in [-0.39, 0.29) is 18.8 Å². The third-order valence-corrected chi connectivity index (χ3v) is 5.24. The van der Waals surface area contributed by atoms with E-state index in [0.717, 1.165) is 5.56 Å². The van der Waals surface area contributed by atoms with Crippen molar-refractivity contribution in [1.29, 1.82) is 0 Å². The molecule has 0 saturated heterocycles. The van der Waals surface area contributed by atoms with E-state index in [1.54, 1.807) is 50.4 Å². The average molecular weight is 508 g/mol. The van der Waals surface area contributed by atoms with Crippen LogP contribution in [-0.2, 0) is 32.1 Å². The molecular weight excluding hydrogens is 481 g/mol. The van der Waals surface area contributed by atoms with Gasteiger partial charge >= 0.3 is 24.1 Å². The van der Waals surface area contributed by atoms with E-state index in [2.05, 4.69) is 0 Å². The summed E-state index contributed by atoms with van der Waals surface area (Å²) in [6.45, 7) is 5.46. The van der Waals surface area contributed by atoms with Crippen LogP contribution in [0.15, 0.2) is 42.5 Å². The maximum Gasteiger partial charge on any atom is 0.471 e. The van der Waals surface area contributed by atoms with Gasteiger partial charge in [-0.1, -0.05) is 18.2 Å². The summed E-state index contributed by atoms with van der Waals surface area (Å²) in [5.74, 6) is -2.20. The van der Waals surface area contributed by atoms with Crippen molar-refractivity contribution < 1.29 is 41.8 Å². The zero-order valence-electron chi connectivity index (χ0n) is 20.3. The van der Waals surface area contributed by atoms with Crippen LogP contribution in [-0.4, -0.2) is 48.3 Å². The van der Waals surface area contributed by atoms with Crippen LogP contribution in [0.3, 0.4) is 0 Å². The number of hydrogen-bond donors (Lipinski definition) is 1. The second-order valence-corrected chi connectivity index (χ2v) is 9.15. The van der Waals surface area contributed by atoms with Gasteiger partial charge in [0.2, 0.25) is 0 Å². The van der Waals surface area contributed by atoms with E-state index in [4.69, 9.17) is 14.2 Å². The van der Waals surface area contributed by atoms with Gasteiger partial charge in [-0.05, 0) is 68.1 Å². The zero-order valence-corrected chi connectivity index (χ0v) is 20.3. The number of methoxy groups -OCH3 is 1. The first-order chi connectivity index (χ1) is 16.8. The van der Waals surface area contributed by atoms with Crippen LogP contribution < -0.4 is 10.1 Å². The first-order valence-corrected chi connectivity index (χ1v) is 11.1. The second kappa shape index (κ2) is 10.5. The molecule has 8 nitrogen and oxygen atoms in total. The molecule has 0 bridgehead atoms. The Hall–Kier alpha value is -3.76. The highest BCUT2D eigenvalue weighted by Gasteiger charge is 2.39. The number of hydrogen-bond acceptors (Lipinski definition) is 6. The summed E-state index contributed by atoms with van der Waals surface area (Å²) in [5.41, 5.74) is 1.17. The van der Waals surface area contributed by atoms with Gasteiger partial charge < -0.3 is 19.5 Å². The molecule has 0 saturated carbocycles. The van der Waals surface area contributed by atoms with Gasteiger partial charge in [-0.3, -0.25) is 9.69 Å². The van der Waals surface area contributed by atoms with Crippen LogP contribution in [0.4, 0.5) is 23.7 Å². The van der Waals surface area contributed by atoms with Crippen molar-refractivity contribution in [2.75, 3.05) is 19.0 Å². The number of benzene rings is 2. The van der Waals surface area contributed by atoms with Gasteiger partial charge in [-0.15, -0.1) is 0 Å². The summed E-state index contributed by atoms with van der Waals surface area (Å²) in [6, 6.07) is 9.94.